The van der Waals surface area contributed by atoms with Crippen LogP contribution in [-0.4, -0.2) is 18.7 Å². The van der Waals surface area contributed by atoms with E-state index in [4.69, 9.17) is 9.47 Å². The number of rotatable bonds is 6. The van der Waals surface area contributed by atoms with Crippen LogP contribution in [0.1, 0.15) is 32.8 Å². The van der Waals surface area contributed by atoms with Crippen molar-refractivity contribution in [3.63, 3.8) is 0 Å². The van der Waals surface area contributed by atoms with Crippen LogP contribution in [0.25, 0.3) is 6.08 Å². The van der Waals surface area contributed by atoms with E-state index in [1.165, 1.54) is 6.08 Å². The molecule has 1 unspecified atom stereocenters. The Morgan fingerprint density at radius 2 is 1.94 bits per heavy atom. The molecular formula is C15H20O3. The van der Waals surface area contributed by atoms with E-state index < -0.39 is 0 Å². The summed E-state index contributed by atoms with van der Waals surface area (Å²) in [5.41, 5.74) is 0.944. The molecule has 0 aromatic heterocycles. The molecule has 0 amide bonds. The molecule has 1 aromatic carbocycles. The van der Waals surface area contributed by atoms with Gasteiger partial charge in [-0.25, -0.2) is 4.79 Å². The van der Waals surface area contributed by atoms with Crippen molar-refractivity contribution in [2.45, 2.75) is 33.3 Å². The van der Waals surface area contributed by atoms with Crippen LogP contribution >= 0.6 is 0 Å². The van der Waals surface area contributed by atoms with Crippen molar-refractivity contribution in [2.24, 2.45) is 0 Å². The van der Waals surface area contributed by atoms with E-state index in [-0.39, 0.29) is 12.1 Å². The fourth-order valence-electron chi connectivity index (χ4n) is 1.33. The molecule has 3 nitrogen and oxygen atoms in total. The molecule has 0 radical (unpaired) electrons. The molecule has 1 rings (SSSR count). The maximum absolute atomic E-state index is 11.4. The molecule has 0 fully saturated rings. The van der Waals surface area contributed by atoms with Crippen LogP contribution < -0.4 is 4.74 Å². The molecule has 18 heavy (non-hydrogen) atoms. The number of benzene rings is 1. The summed E-state index contributed by atoms with van der Waals surface area (Å²) < 4.78 is 10.5. The summed E-state index contributed by atoms with van der Waals surface area (Å²) in [5.74, 6) is 0.523. The first kappa shape index (κ1) is 14.3. The lowest BCUT2D eigenvalue weighted by atomic mass is 10.2. The van der Waals surface area contributed by atoms with Crippen molar-refractivity contribution in [3.05, 3.63) is 35.9 Å². The van der Waals surface area contributed by atoms with E-state index >= 15 is 0 Å². The standard InChI is InChI=1S/C15H20O3/c1-4-12(3)18-15(16)11-8-13-6-9-14(10-7-13)17-5-2/h6-12H,4-5H2,1-3H3/b11-8+. The lowest BCUT2D eigenvalue weighted by molar-refractivity contribution is -0.142. The van der Waals surface area contributed by atoms with E-state index in [0.717, 1.165) is 17.7 Å². The minimum Gasteiger partial charge on any atom is -0.494 e. The zero-order valence-corrected chi connectivity index (χ0v) is 11.2. The van der Waals surface area contributed by atoms with Crippen LogP contribution in [-0.2, 0) is 9.53 Å². The van der Waals surface area contributed by atoms with E-state index in [0.29, 0.717) is 6.61 Å². The lowest BCUT2D eigenvalue weighted by Gasteiger charge is -2.07. The normalized spacial score (nSPS) is 12.4. The predicted octanol–water partition coefficient (Wildman–Crippen LogP) is 3.44. The van der Waals surface area contributed by atoms with Gasteiger partial charge in [0.05, 0.1) is 12.7 Å². The van der Waals surface area contributed by atoms with Gasteiger partial charge in [0.2, 0.25) is 0 Å². The Morgan fingerprint density at radius 1 is 1.28 bits per heavy atom. The predicted molar refractivity (Wildman–Crippen MR) is 72.5 cm³/mol. The maximum atomic E-state index is 11.4. The number of carbonyl (C=O) groups excluding carboxylic acids is 1. The second kappa shape index (κ2) is 7.54. The zero-order chi connectivity index (χ0) is 13.4. The molecule has 1 aromatic rings. The molecule has 0 spiro atoms. The van der Waals surface area contributed by atoms with E-state index in [2.05, 4.69) is 0 Å². The van der Waals surface area contributed by atoms with Crippen molar-refractivity contribution in [1.82, 2.24) is 0 Å². The average molecular weight is 248 g/mol. The SMILES string of the molecule is CCOc1ccc(/C=C/C(=O)OC(C)CC)cc1. The molecule has 0 saturated heterocycles. The Balaban J connectivity index is 2.53. The Hall–Kier alpha value is -1.77. The van der Waals surface area contributed by atoms with E-state index in [1.807, 2.05) is 45.0 Å². The van der Waals surface area contributed by atoms with Gasteiger partial charge in [-0.15, -0.1) is 0 Å². The van der Waals surface area contributed by atoms with Gasteiger partial charge in [0.15, 0.2) is 0 Å². The summed E-state index contributed by atoms with van der Waals surface area (Å²) in [6, 6.07) is 7.56. The average Bonchev–Trinajstić information content (AvgIpc) is 2.38. The molecule has 0 saturated carbocycles. The minimum absolute atomic E-state index is 0.0394. The third kappa shape index (κ3) is 5.04. The largest absolute Gasteiger partial charge is 0.494 e. The van der Waals surface area contributed by atoms with Crippen molar-refractivity contribution in [2.75, 3.05) is 6.61 Å². The van der Waals surface area contributed by atoms with Crippen LogP contribution in [0.3, 0.4) is 0 Å². The molecule has 0 N–H and O–H groups in total. The molecule has 0 aliphatic carbocycles. The molecule has 0 heterocycles. The van der Waals surface area contributed by atoms with Crippen LogP contribution in [0.5, 0.6) is 5.75 Å². The van der Waals surface area contributed by atoms with Crippen molar-refractivity contribution in [3.8, 4) is 5.75 Å². The molecule has 0 bridgehead atoms. The number of esters is 1. The van der Waals surface area contributed by atoms with Crippen LogP contribution in [0.2, 0.25) is 0 Å². The molecule has 3 heteroatoms. The number of carbonyl (C=O) groups is 1. The third-order valence-corrected chi connectivity index (χ3v) is 2.50. The van der Waals surface area contributed by atoms with Gasteiger partial charge in [-0.05, 0) is 44.0 Å². The summed E-state index contributed by atoms with van der Waals surface area (Å²) in [5, 5.41) is 0. The van der Waals surface area contributed by atoms with Gasteiger partial charge in [0, 0.05) is 6.08 Å². The molecule has 0 aliphatic rings. The topological polar surface area (TPSA) is 35.5 Å². The fourth-order valence-corrected chi connectivity index (χ4v) is 1.33. The number of hydrogen-bond donors (Lipinski definition) is 0. The summed E-state index contributed by atoms with van der Waals surface area (Å²) in [7, 11) is 0. The smallest absolute Gasteiger partial charge is 0.331 e. The first-order valence-corrected chi connectivity index (χ1v) is 6.27. The minimum atomic E-state index is -0.307. The number of ether oxygens (including phenoxy) is 2. The summed E-state index contributed by atoms with van der Waals surface area (Å²) in [4.78, 5) is 11.4. The van der Waals surface area contributed by atoms with Crippen molar-refractivity contribution in [1.29, 1.82) is 0 Å². The fraction of sp³-hybridized carbons (Fsp3) is 0.400. The van der Waals surface area contributed by atoms with E-state index in [9.17, 15) is 4.79 Å². The molecular weight excluding hydrogens is 228 g/mol. The van der Waals surface area contributed by atoms with Crippen molar-refractivity contribution < 1.29 is 14.3 Å². The van der Waals surface area contributed by atoms with Gasteiger partial charge in [0.1, 0.15) is 5.75 Å². The monoisotopic (exact) mass is 248 g/mol. The first-order chi connectivity index (χ1) is 8.65. The van der Waals surface area contributed by atoms with Crippen LogP contribution in [0, 0.1) is 0 Å². The van der Waals surface area contributed by atoms with Gasteiger partial charge >= 0.3 is 5.97 Å². The highest BCUT2D eigenvalue weighted by Crippen LogP contribution is 2.13. The third-order valence-electron chi connectivity index (χ3n) is 2.50. The van der Waals surface area contributed by atoms with Gasteiger partial charge < -0.3 is 9.47 Å². The first-order valence-electron chi connectivity index (χ1n) is 6.27. The van der Waals surface area contributed by atoms with Crippen LogP contribution in [0.15, 0.2) is 30.3 Å². The zero-order valence-electron chi connectivity index (χ0n) is 11.2. The molecule has 0 aliphatic heterocycles. The van der Waals surface area contributed by atoms with Gasteiger partial charge in [-0.3, -0.25) is 0 Å². The Labute approximate surface area is 108 Å². The molecule has 98 valence electrons. The summed E-state index contributed by atoms with van der Waals surface area (Å²) in [6.45, 7) is 6.45. The molecule has 1 atom stereocenters. The summed E-state index contributed by atoms with van der Waals surface area (Å²) in [6.07, 6.45) is 3.97. The number of hydrogen-bond acceptors (Lipinski definition) is 3. The van der Waals surface area contributed by atoms with Gasteiger partial charge in [-0.2, -0.15) is 0 Å². The quantitative estimate of drug-likeness (QED) is 0.571. The highest BCUT2D eigenvalue weighted by molar-refractivity contribution is 5.87. The van der Waals surface area contributed by atoms with Crippen LogP contribution in [0.4, 0.5) is 0 Å². The van der Waals surface area contributed by atoms with E-state index in [1.54, 1.807) is 6.08 Å². The lowest BCUT2D eigenvalue weighted by Crippen LogP contribution is -2.11. The highest BCUT2D eigenvalue weighted by atomic mass is 16.5. The summed E-state index contributed by atoms with van der Waals surface area (Å²) >= 11 is 0. The van der Waals surface area contributed by atoms with Gasteiger partial charge in [-0.1, -0.05) is 19.1 Å². The van der Waals surface area contributed by atoms with Crippen molar-refractivity contribution >= 4 is 12.0 Å². The maximum Gasteiger partial charge on any atom is 0.331 e. The Bertz CT molecular complexity index is 393. The second-order valence-corrected chi connectivity index (χ2v) is 3.99. The highest BCUT2D eigenvalue weighted by Gasteiger charge is 2.03. The Kier molecular flexibility index (Phi) is 5.98. The second-order valence-electron chi connectivity index (χ2n) is 3.99. The Morgan fingerprint density at radius 3 is 2.50 bits per heavy atom. The van der Waals surface area contributed by atoms with Gasteiger partial charge in [0.25, 0.3) is 0 Å².